The topological polar surface area (TPSA) is 35.2 Å². The molecule has 0 aliphatic heterocycles. The van der Waals surface area contributed by atoms with E-state index in [0.29, 0.717) is 16.8 Å². The fourth-order valence-electron chi connectivity index (χ4n) is 1.47. The molecule has 0 amide bonds. The Balaban J connectivity index is 3.09. The SMILES string of the molecule is COc1cc(F)c(Br)c(C(C)CCN)c1. The lowest BCUT2D eigenvalue weighted by Gasteiger charge is -2.14. The van der Waals surface area contributed by atoms with Crippen LogP contribution in [0.15, 0.2) is 16.6 Å². The van der Waals surface area contributed by atoms with Gasteiger partial charge in [-0.25, -0.2) is 4.39 Å². The number of benzene rings is 1. The molecule has 0 spiro atoms. The van der Waals surface area contributed by atoms with E-state index in [0.717, 1.165) is 12.0 Å². The molecule has 0 saturated heterocycles. The Labute approximate surface area is 97.7 Å². The lowest BCUT2D eigenvalue weighted by atomic mass is 9.97. The number of methoxy groups -OCH3 is 1. The van der Waals surface area contributed by atoms with Gasteiger partial charge in [-0.1, -0.05) is 6.92 Å². The highest BCUT2D eigenvalue weighted by Gasteiger charge is 2.14. The van der Waals surface area contributed by atoms with E-state index in [9.17, 15) is 4.39 Å². The third-order valence-electron chi connectivity index (χ3n) is 2.40. The second-order valence-corrected chi connectivity index (χ2v) is 4.28. The Bertz CT molecular complexity index is 344. The summed E-state index contributed by atoms with van der Waals surface area (Å²) in [6.07, 6.45) is 0.825. The van der Waals surface area contributed by atoms with E-state index < -0.39 is 0 Å². The minimum Gasteiger partial charge on any atom is -0.497 e. The van der Waals surface area contributed by atoms with Crippen molar-refractivity contribution in [3.8, 4) is 5.75 Å². The van der Waals surface area contributed by atoms with Crippen molar-refractivity contribution in [2.75, 3.05) is 13.7 Å². The van der Waals surface area contributed by atoms with Crippen LogP contribution >= 0.6 is 15.9 Å². The third kappa shape index (κ3) is 2.92. The average Bonchev–Trinajstić information content (AvgIpc) is 2.22. The second-order valence-electron chi connectivity index (χ2n) is 3.49. The first kappa shape index (κ1) is 12.5. The first-order chi connectivity index (χ1) is 7.10. The van der Waals surface area contributed by atoms with Gasteiger partial charge in [-0.05, 0) is 46.4 Å². The van der Waals surface area contributed by atoms with Crippen molar-refractivity contribution < 1.29 is 9.13 Å². The van der Waals surface area contributed by atoms with Crippen molar-refractivity contribution in [3.05, 3.63) is 28.0 Å². The molecule has 0 aliphatic carbocycles. The quantitative estimate of drug-likeness (QED) is 0.917. The molecule has 2 nitrogen and oxygen atoms in total. The smallest absolute Gasteiger partial charge is 0.141 e. The molecular formula is C11H15BrFNO. The van der Waals surface area contributed by atoms with Crippen LogP contribution in [0.3, 0.4) is 0 Å². The number of ether oxygens (including phenoxy) is 1. The molecule has 0 aromatic heterocycles. The monoisotopic (exact) mass is 275 g/mol. The Hall–Kier alpha value is -0.610. The van der Waals surface area contributed by atoms with Gasteiger partial charge in [-0.2, -0.15) is 0 Å². The van der Waals surface area contributed by atoms with E-state index >= 15 is 0 Å². The van der Waals surface area contributed by atoms with Gasteiger partial charge in [0.15, 0.2) is 0 Å². The summed E-state index contributed by atoms with van der Waals surface area (Å²) in [7, 11) is 1.53. The van der Waals surface area contributed by atoms with Crippen LogP contribution < -0.4 is 10.5 Å². The summed E-state index contributed by atoms with van der Waals surface area (Å²) < 4.78 is 19.0. The molecule has 1 rings (SSSR count). The molecule has 1 atom stereocenters. The molecule has 0 aliphatic rings. The molecule has 0 fully saturated rings. The summed E-state index contributed by atoms with van der Waals surface area (Å²) in [6, 6.07) is 3.20. The van der Waals surface area contributed by atoms with Crippen LogP contribution in [-0.4, -0.2) is 13.7 Å². The Kier molecular flexibility index (Phi) is 4.54. The lowest BCUT2D eigenvalue weighted by Crippen LogP contribution is -2.06. The summed E-state index contributed by atoms with van der Waals surface area (Å²) in [5.74, 6) is 0.455. The molecule has 1 aromatic carbocycles. The highest BCUT2D eigenvalue weighted by molar-refractivity contribution is 9.10. The standard InChI is InChI=1S/C11H15BrFNO/c1-7(3-4-14)9-5-8(15-2)6-10(13)11(9)12/h5-7H,3-4,14H2,1-2H3. The Morgan fingerprint density at radius 1 is 1.53 bits per heavy atom. The van der Waals surface area contributed by atoms with Crippen LogP contribution in [0.25, 0.3) is 0 Å². The van der Waals surface area contributed by atoms with Crippen molar-refractivity contribution in [2.45, 2.75) is 19.3 Å². The van der Waals surface area contributed by atoms with Crippen LogP contribution in [0.2, 0.25) is 0 Å². The molecule has 0 heterocycles. The zero-order chi connectivity index (χ0) is 11.4. The van der Waals surface area contributed by atoms with E-state index in [1.165, 1.54) is 13.2 Å². The molecule has 2 N–H and O–H groups in total. The minimum absolute atomic E-state index is 0.217. The lowest BCUT2D eigenvalue weighted by molar-refractivity contribution is 0.409. The van der Waals surface area contributed by atoms with Gasteiger partial charge in [0.2, 0.25) is 0 Å². The number of hydrogen-bond donors (Lipinski definition) is 1. The molecule has 0 radical (unpaired) electrons. The molecular weight excluding hydrogens is 261 g/mol. The van der Waals surface area contributed by atoms with Crippen LogP contribution in [-0.2, 0) is 0 Å². The summed E-state index contributed by atoms with van der Waals surface area (Å²) in [5.41, 5.74) is 6.39. The fourth-order valence-corrected chi connectivity index (χ4v) is 2.09. The van der Waals surface area contributed by atoms with Crippen molar-refractivity contribution >= 4 is 15.9 Å². The van der Waals surface area contributed by atoms with E-state index in [-0.39, 0.29) is 11.7 Å². The summed E-state index contributed by atoms with van der Waals surface area (Å²) >= 11 is 3.24. The van der Waals surface area contributed by atoms with Crippen LogP contribution in [0.1, 0.15) is 24.8 Å². The maximum absolute atomic E-state index is 13.5. The maximum Gasteiger partial charge on any atom is 0.141 e. The van der Waals surface area contributed by atoms with Gasteiger partial charge in [-0.15, -0.1) is 0 Å². The Morgan fingerprint density at radius 2 is 2.20 bits per heavy atom. The largest absolute Gasteiger partial charge is 0.497 e. The number of halogens is 2. The average molecular weight is 276 g/mol. The van der Waals surface area contributed by atoms with Gasteiger partial charge < -0.3 is 10.5 Å². The normalized spacial score (nSPS) is 12.6. The van der Waals surface area contributed by atoms with Gasteiger partial charge >= 0.3 is 0 Å². The number of hydrogen-bond acceptors (Lipinski definition) is 2. The number of rotatable bonds is 4. The highest BCUT2D eigenvalue weighted by Crippen LogP contribution is 2.32. The van der Waals surface area contributed by atoms with Crippen molar-refractivity contribution in [1.82, 2.24) is 0 Å². The van der Waals surface area contributed by atoms with Gasteiger partial charge in [-0.3, -0.25) is 0 Å². The molecule has 15 heavy (non-hydrogen) atoms. The van der Waals surface area contributed by atoms with Crippen LogP contribution in [0.4, 0.5) is 4.39 Å². The highest BCUT2D eigenvalue weighted by atomic mass is 79.9. The van der Waals surface area contributed by atoms with Crippen LogP contribution in [0, 0.1) is 5.82 Å². The van der Waals surface area contributed by atoms with E-state index in [4.69, 9.17) is 10.5 Å². The summed E-state index contributed by atoms with van der Waals surface area (Å²) in [6.45, 7) is 2.61. The van der Waals surface area contributed by atoms with Gasteiger partial charge in [0.25, 0.3) is 0 Å². The summed E-state index contributed by atoms with van der Waals surface area (Å²) in [5, 5.41) is 0. The predicted octanol–water partition coefficient (Wildman–Crippen LogP) is 3.05. The number of nitrogens with two attached hydrogens (primary N) is 1. The van der Waals surface area contributed by atoms with Crippen molar-refractivity contribution in [1.29, 1.82) is 0 Å². The predicted molar refractivity (Wildman–Crippen MR) is 62.7 cm³/mol. The molecule has 0 saturated carbocycles. The third-order valence-corrected chi connectivity index (χ3v) is 3.23. The van der Waals surface area contributed by atoms with E-state index in [2.05, 4.69) is 15.9 Å². The Morgan fingerprint density at radius 3 is 2.73 bits per heavy atom. The van der Waals surface area contributed by atoms with Crippen molar-refractivity contribution in [3.63, 3.8) is 0 Å². The van der Waals surface area contributed by atoms with Gasteiger partial charge in [0, 0.05) is 6.07 Å². The fraction of sp³-hybridized carbons (Fsp3) is 0.455. The van der Waals surface area contributed by atoms with E-state index in [1.807, 2.05) is 13.0 Å². The first-order valence-electron chi connectivity index (χ1n) is 4.83. The zero-order valence-corrected chi connectivity index (χ0v) is 10.5. The maximum atomic E-state index is 13.5. The first-order valence-corrected chi connectivity index (χ1v) is 5.62. The molecule has 0 bridgehead atoms. The zero-order valence-electron chi connectivity index (χ0n) is 8.89. The van der Waals surface area contributed by atoms with E-state index in [1.54, 1.807) is 0 Å². The van der Waals surface area contributed by atoms with Gasteiger partial charge in [0.05, 0.1) is 11.6 Å². The summed E-state index contributed by atoms with van der Waals surface area (Å²) in [4.78, 5) is 0. The van der Waals surface area contributed by atoms with Crippen LogP contribution in [0.5, 0.6) is 5.75 Å². The molecule has 1 unspecified atom stereocenters. The molecule has 84 valence electrons. The second kappa shape index (κ2) is 5.47. The molecule has 4 heteroatoms. The molecule has 1 aromatic rings. The van der Waals surface area contributed by atoms with Gasteiger partial charge in [0.1, 0.15) is 11.6 Å². The van der Waals surface area contributed by atoms with Crippen molar-refractivity contribution in [2.24, 2.45) is 5.73 Å². The minimum atomic E-state index is -0.298.